The summed E-state index contributed by atoms with van der Waals surface area (Å²) < 4.78 is 51.5. The van der Waals surface area contributed by atoms with Crippen LogP contribution < -0.4 is 15.8 Å². The lowest BCUT2D eigenvalue weighted by atomic mass is 9.99. The molecule has 0 unspecified atom stereocenters. The Kier molecular flexibility index (Phi) is 8.27. The van der Waals surface area contributed by atoms with Crippen molar-refractivity contribution in [3.63, 3.8) is 0 Å². The number of sulfone groups is 1. The quantitative estimate of drug-likeness (QED) is 0.287. The second kappa shape index (κ2) is 11.9. The van der Waals surface area contributed by atoms with Crippen LogP contribution in [0.4, 0.5) is 14.9 Å². The van der Waals surface area contributed by atoms with Gasteiger partial charge in [-0.2, -0.15) is 0 Å². The molecule has 1 aliphatic heterocycles. The third-order valence-corrected chi connectivity index (χ3v) is 9.93. The summed E-state index contributed by atoms with van der Waals surface area (Å²) in [6, 6.07) is 14.0. The summed E-state index contributed by atoms with van der Waals surface area (Å²) in [6.45, 7) is 0.0388. The largest absolute Gasteiger partial charge is 0.506 e. The molecular weight excluding hydrogens is 581 g/mol. The van der Waals surface area contributed by atoms with Crippen LogP contribution in [0.15, 0.2) is 71.6 Å². The van der Waals surface area contributed by atoms with Crippen molar-refractivity contribution in [3.8, 4) is 5.75 Å². The molecule has 1 saturated heterocycles. The van der Waals surface area contributed by atoms with E-state index in [1.807, 2.05) is 0 Å². The number of nitrogens with one attached hydrogen (secondary N) is 1. The Balaban J connectivity index is 1.60. The third kappa shape index (κ3) is 6.12. The molecular formula is C30H30FN3O8S. The number of primary amides is 1. The summed E-state index contributed by atoms with van der Waals surface area (Å²) in [7, 11) is -2.46. The first-order chi connectivity index (χ1) is 20.5. The normalized spacial score (nSPS) is 19.0. The first-order valence-electron chi connectivity index (χ1n) is 13.5. The molecule has 0 bridgehead atoms. The van der Waals surface area contributed by atoms with E-state index in [0.29, 0.717) is 24.1 Å². The van der Waals surface area contributed by atoms with Gasteiger partial charge in [0.25, 0.3) is 0 Å². The number of nitrogens with zero attached hydrogens (tertiary/aromatic N) is 1. The van der Waals surface area contributed by atoms with Crippen molar-refractivity contribution in [1.82, 2.24) is 4.90 Å². The van der Waals surface area contributed by atoms with Gasteiger partial charge < -0.3 is 30.5 Å². The topological polar surface area (TPSA) is 165 Å². The maximum absolute atomic E-state index is 14.5. The molecule has 0 radical (unpaired) electrons. The molecule has 11 nitrogen and oxygen atoms in total. The van der Waals surface area contributed by atoms with E-state index in [1.54, 1.807) is 30.3 Å². The zero-order chi connectivity index (χ0) is 30.9. The number of carbonyl (C=O) groups excluding carboxylic acids is 2. The molecule has 1 heterocycles. The molecule has 2 amide bonds. The van der Waals surface area contributed by atoms with E-state index in [2.05, 4.69) is 5.32 Å². The molecule has 5 rings (SSSR count). The molecule has 3 aromatic rings. The van der Waals surface area contributed by atoms with Crippen LogP contribution in [0.3, 0.4) is 0 Å². The van der Waals surface area contributed by atoms with Crippen LogP contribution in [0.2, 0.25) is 0 Å². The zero-order valence-corrected chi connectivity index (χ0v) is 23.9. The number of likely N-dealkylation sites (tertiary alicyclic amines) is 1. The van der Waals surface area contributed by atoms with Crippen LogP contribution in [0.5, 0.6) is 5.75 Å². The number of hydrogen-bond donors (Lipinski definition) is 3. The fourth-order valence-electron chi connectivity index (χ4n) is 5.41. The number of hydrogen-bond acceptors (Lipinski definition) is 8. The lowest BCUT2D eigenvalue weighted by molar-refractivity contribution is -0.134. The minimum atomic E-state index is -3.74. The van der Waals surface area contributed by atoms with E-state index in [0.717, 1.165) is 6.07 Å². The third-order valence-electron chi connectivity index (χ3n) is 7.60. The highest BCUT2D eigenvalue weighted by molar-refractivity contribution is 7.92. The van der Waals surface area contributed by atoms with E-state index < -0.39 is 57.1 Å². The Morgan fingerprint density at radius 3 is 2.47 bits per heavy atom. The Morgan fingerprint density at radius 1 is 1.05 bits per heavy atom. The Morgan fingerprint density at radius 2 is 1.79 bits per heavy atom. The number of methoxy groups -OCH3 is 1. The van der Waals surface area contributed by atoms with Gasteiger partial charge in [-0.1, -0.05) is 30.3 Å². The first kappa shape index (κ1) is 29.8. The van der Waals surface area contributed by atoms with Crippen LogP contribution in [-0.4, -0.2) is 61.4 Å². The molecule has 43 heavy (non-hydrogen) atoms. The van der Waals surface area contributed by atoms with Crippen molar-refractivity contribution < 1.29 is 41.8 Å². The van der Waals surface area contributed by atoms with Crippen LogP contribution in [0.25, 0.3) is 0 Å². The molecule has 1 aliphatic carbocycles. The Labute approximate surface area is 247 Å². The number of amides is 2. The summed E-state index contributed by atoms with van der Waals surface area (Å²) in [5.41, 5.74) is 6.52. The number of carbonyl (C=O) groups is 3. The first-order valence-corrected chi connectivity index (χ1v) is 15.1. The number of benzene rings is 3. The van der Waals surface area contributed by atoms with Crippen molar-refractivity contribution in [2.75, 3.05) is 19.0 Å². The van der Waals surface area contributed by atoms with Gasteiger partial charge >= 0.3 is 6.16 Å². The SMILES string of the molecule is COc1cc([C@@H](Nc2cccc(C(N)=O)c2)C(=O)N2CC[C@H](OC(=O)O)[C@H]2c2ccccc2S(=O)(=O)C2CC2)ccc1F. The summed E-state index contributed by atoms with van der Waals surface area (Å²) >= 11 is 0. The predicted octanol–water partition coefficient (Wildman–Crippen LogP) is 4.06. The van der Waals surface area contributed by atoms with Crippen molar-refractivity contribution in [3.05, 3.63) is 89.2 Å². The molecule has 13 heteroatoms. The lowest BCUT2D eigenvalue weighted by Crippen LogP contribution is -2.40. The predicted molar refractivity (Wildman–Crippen MR) is 153 cm³/mol. The van der Waals surface area contributed by atoms with Crippen molar-refractivity contribution in [2.24, 2.45) is 5.73 Å². The Bertz CT molecular complexity index is 1680. The van der Waals surface area contributed by atoms with E-state index >= 15 is 0 Å². The van der Waals surface area contributed by atoms with E-state index in [1.165, 1.54) is 42.3 Å². The summed E-state index contributed by atoms with van der Waals surface area (Å²) in [6.07, 6.45) is -1.48. The maximum Gasteiger partial charge on any atom is 0.506 e. The van der Waals surface area contributed by atoms with Gasteiger partial charge in [-0.15, -0.1) is 0 Å². The fraction of sp³-hybridized carbons (Fsp3) is 0.300. The average Bonchev–Trinajstić information content (AvgIpc) is 3.77. The van der Waals surface area contributed by atoms with Crippen LogP contribution in [-0.2, 0) is 19.4 Å². The van der Waals surface area contributed by atoms with Crippen molar-refractivity contribution >= 4 is 33.5 Å². The number of carboxylic acid groups (broad SMARTS) is 1. The molecule has 1 saturated carbocycles. The van der Waals surface area contributed by atoms with Gasteiger partial charge in [-0.25, -0.2) is 17.6 Å². The lowest BCUT2D eigenvalue weighted by Gasteiger charge is -2.32. The number of halogens is 1. The molecule has 2 fully saturated rings. The highest BCUT2D eigenvalue weighted by atomic mass is 32.2. The molecule has 226 valence electrons. The van der Waals surface area contributed by atoms with E-state index in [4.69, 9.17) is 15.2 Å². The van der Waals surface area contributed by atoms with E-state index in [9.17, 15) is 32.3 Å². The van der Waals surface area contributed by atoms with Gasteiger partial charge in [-0.05, 0) is 60.4 Å². The van der Waals surface area contributed by atoms with E-state index in [-0.39, 0.29) is 34.7 Å². The molecule has 4 N–H and O–H groups in total. The van der Waals surface area contributed by atoms with Gasteiger partial charge in [0.05, 0.1) is 23.3 Å². The molecule has 3 atom stereocenters. The zero-order valence-electron chi connectivity index (χ0n) is 23.1. The van der Waals surface area contributed by atoms with Gasteiger partial charge in [-0.3, -0.25) is 9.59 Å². The summed E-state index contributed by atoms with van der Waals surface area (Å²) in [5.74, 6) is -2.02. The van der Waals surface area contributed by atoms with Gasteiger partial charge in [0.2, 0.25) is 11.8 Å². The minimum Gasteiger partial charge on any atom is -0.494 e. The minimum absolute atomic E-state index is 0.0170. The molecule has 3 aromatic carbocycles. The standard InChI is InChI=1S/C30H30FN3O8S/c1-41-24-16-17(9-12-22(24)31)26(33-19-6-4-5-18(15-19)28(32)35)29(36)34-14-13-23(42-30(37)38)27(34)21-7-2-3-8-25(21)43(39,40)20-10-11-20/h2-9,12,15-16,20,23,26-27,33H,10-11,13-14H2,1H3,(H2,32,35)(H,37,38)/t23-,26+,27+/m0/s1. The highest BCUT2D eigenvalue weighted by Crippen LogP contribution is 2.43. The van der Waals surface area contributed by atoms with Crippen LogP contribution in [0.1, 0.15) is 52.8 Å². The van der Waals surface area contributed by atoms with Gasteiger partial charge in [0.1, 0.15) is 12.1 Å². The van der Waals surface area contributed by atoms with Crippen LogP contribution >= 0.6 is 0 Å². The average molecular weight is 612 g/mol. The second-order valence-corrected chi connectivity index (χ2v) is 12.6. The summed E-state index contributed by atoms with van der Waals surface area (Å²) in [5, 5.41) is 12.0. The monoisotopic (exact) mass is 611 g/mol. The number of ether oxygens (including phenoxy) is 2. The number of nitrogens with two attached hydrogens (primary N) is 1. The smallest absolute Gasteiger partial charge is 0.494 e. The maximum atomic E-state index is 14.5. The number of anilines is 1. The second-order valence-electron chi connectivity index (χ2n) is 10.4. The van der Waals surface area contributed by atoms with Crippen LogP contribution in [0, 0.1) is 5.82 Å². The highest BCUT2D eigenvalue weighted by Gasteiger charge is 2.46. The van der Waals surface area contributed by atoms with Crippen molar-refractivity contribution in [2.45, 2.75) is 47.6 Å². The molecule has 0 spiro atoms. The fourth-order valence-corrected chi connectivity index (χ4v) is 7.31. The van der Waals surface area contributed by atoms with Gasteiger partial charge in [0, 0.05) is 24.2 Å². The molecule has 2 aliphatic rings. The van der Waals surface area contributed by atoms with Crippen molar-refractivity contribution in [1.29, 1.82) is 0 Å². The number of rotatable bonds is 10. The Hall–Kier alpha value is -4.65. The summed E-state index contributed by atoms with van der Waals surface area (Å²) in [4.78, 5) is 39.3. The molecule has 0 aromatic heterocycles. The van der Waals surface area contributed by atoms with Gasteiger partial charge in [0.15, 0.2) is 21.4 Å².